The molecule has 0 spiro atoms. The number of halogens is 2. The first-order chi connectivity index (χ1) is 15.7. The topological polar surface area (TPSA) is 65.2 Å². The van der Waals surface area contributed by atoms with Crippen LogP contribution in [0.1, 0.15) is 44.5 Å². The Hall–Kier alpha value is -3.31. The highest BCUT2D eigenvalue weighted by molar-refractivity contribution is 5.89. The Morgan fingerprint density at radius 1 is 1.15 bits per heavy atom. The normalized spacial score (nSPS) is 20.1. The van der Waals surface area contributed by atoms with Crippen LogP contribution in [0.15, 0.2) is 41.2 Å². The van der Waals surface area contributed by atoms with Crippen molar-refractivity contribution in [3.05, 3.63) is 69.6 Å². The van der Waals surface area contributed by atoms with Gasteiger partial charge in [-0.2, -0.15) is 5.26 Å². The summed E-state index contributed by atoms with van der Waals surface area (Å²) in [4.78, 5) is 21.6. The number of fused-ring (bicyclic) bond motifs is 1. The molecule has 0 aliphatic carbocycles. The van der Waals surface area contributed by atoms with Gasteiger partial charge in [-0.25, -0.2) is 13.8 Å². The van der Waals surface area contributed by atoms with E-state index in [2.05, 4.69) is 34.7 Å². The van der Waals surface area contributed by atoms with Crippen LogP contribution in [0, 0.1) is 23.0 Å². The van der Waals surface area contributed by atoms with Crippen molar-refractivity contribution in [2.45, 2.75) is 45.3 Å². The van der Waals surface area contributed by atoms with Gasteiger partial charge in [0.1, 0.15) is 28.9 Å². The van der Waals surface area contributed by atoms with Gasteiger partial charge in [-0.05, 0) is 38.5 Å². The second kappa shape index (κ2) is 8.91. The highest BCUT2D eigenvalue weighted by Crippen LogP contribution is 2.34. The second-order valence-electron chi connectivity index (χ2n) is 8.74. The molecule has 1 fully saturated rings. The lowest BCUT2D eigenvalue weighted by atomic mass is 9.97. The van der Waals surface area contributed by atoms with E-state index in [0.717, 1.165) is 6.07 Å². The summed E-state index contributed by atoms with van der Waals surface area (Å²) < 4.78 is 29.6. The smallest absolute Gasteiger partial charge is 0.252 e. The highest BCUT2D eigenvalue weighted by atomic mass is 19.1. The lowest BCUT2D eigenvalue weighted by Crippen LogP contribution is -2.57. The first-order valence-corrected chi connectivity index (χ1v) is 11.1. The van der Waals surface area contributed by atoms with Crippen LogP contribution >= 0.6 is 0 Å². The Bertz CT molecular complexity index is 1300. The molecule has 0 saturated carbocycles. The van der Waals surface area contributed by atoms with Crippen LogP contribution in [0.2, 0.25) is 0 Å². The average Bonchev–Trinajstić information content (AvgIpc) is 2.79. The van der Waals surface area contributed by atoms with Gasteiger partial charge in [0.25, 0.3) is 5.56 Å². The van der Waals surface area contributed by atoms with Crippen molar-refractivity contribution in [1.29, 1.82) is 5.26 Å². The van der Waals surface area contributed by atoms with E-state index in [-0.39, 0.29) is 23.7 Å². The number of nitriles is 1. The fraction of sp³-hybridized carbons (Fsp3) is 0.400. The lowest BCUT2D eigenvalue weighted by molar-refractivity contribution is 0.105. The third kappa shape index (κ3) is 4.09. The Balaban J connectivity index is 1.72. The van der Waals surface area contributed by atoms with Crippen LogP contribution in [0.4, 0.5) is 14.5 Å². The molecular weight excluding hydrogens is 424 g/mol. The zero-order valence-corrected chi connectivity index (χ0v) is 19.2. The highest BCUT2D eigenvalue weighted by Gasteiger charge is 2.35. The number of anilines is 1. The summed E-state index contributed by atoms with van der Waals surface area (Å²) in [5.74, 6) is -1.12. The zero-order valence-electron chi connectivity index (χ0n) is 19.2. The summed E-state index contributed by atoms with van der Waals surface area (Å²) in [6, 6.07) is 10.6. The molecule has 33 heavy (non-hydrogen) atoms. The first-order valence-electron chi connectivity index (χ1n) is 11.1. The standard InChI is InChI=1S/C25H27F2N5O/c1-5-21(19-8-6-17(26)10-20(19)27)31-13-16(3)32(14-15(31)2)23-11-24(33)30(4)22-9-7-18(12-28)29-25(22)23/h6-11,15-16,21H,5,13-14H2,1-4H3/t15-,16+,21+/m1/s1. The number of hydrogen-bond donors (Lipinski definition) is 0. The van der Waals surface area contributed by atoms with Crippen LogP contribution in [-0.4, -0.2) is 39.6 Å². The summed E-state index contributed by atoms with van der Waals surface area (Å²) in [6.45, 7) is 7.36. The molecule has 1 aromatic carbocycles. The molecule has 0 radical (unpaired) electrons. The average molecular weight is 452 g/mol. The van der Waals surface area contributed by atoms with Gasteiger partial charge in [-0.3, -0.25) is 9.69 Å². The molecule has 8 heteroatoms. The largest absolute Gasteiger partial charge is 0.364 e. The van der Waals surface area contributed by atoms with Gasteiger partial charge in [0.2, 0.25) is 0 Å². The number of aryl methyl sites for hydroxylation is 1. The molecule has 0 N–H and O–H groups in total. The number of pyridine rings is 2. The lowest BCUT2D eigenvalue weighted by Gasteiger charge is -2.48. The summed E-state index contributed by atoms with van der Waals surface area (Å²) in [5.41, 5.74) is 2.61. The van der Waals surface area contributed by atoms with Gasteiger partial charge >= 0.3 is 0 Å². The third-order valence-electron chi connectivity index (χ3n) is 6.64. The van der Waals surface area contributed by atoms with E-state index in [1.165, 1.54) is 16.7 Å². The van der Waals surface area contributed by atoms with Crippen molar-refractivity contribution in [3.8, 4) is 6.07 Å². The van der Waals surface area contributed by atoms with Gasteiger partial charge in [-0.15, -0.1) is 0 Å². The van der Waals surface area contributed by atoms with E-state index < -0.39 is 11.6 Å². The molecule has 6 nitrogen and oxygen atoms in total. The van der Waals surface area contributed by atoms with E-state index >= 15 is 0 Å². The minimum Gasteiger partial charge on any atom is -0.364 e. The van der Waals surface area contributed by atoms with E-state index in [0.29, 0.717) is 47.5 Å². The Kier molecular flexibility index (Phi) is 6.17. The van der Waals surface area contributed by atoms with E-state index in [4.69, 9.17) is 0 Å². The van der Waals surface area contributed by atoms with E-state index in [1.54, 1.807) is 25.2 Å². The fourth-order valence-electron chi connectivity index (χ4n) is 4.92. The van der Waals surface area contributed by atoms with Gasteiger partial charge in [0, 0.05) is 56.0 Å². The Labute approximate surface area is 191 Å². The first kappa shape index (κ1) is 22.9. The second-order valence-corrected chi connectivity index (χ2v) is 8.74. The minimum absolute atomic E-state index is 0.00149. The van der Waals surface area contributed by atoms with Crippen molar-refractivity contribution < 1.29 is 8.78 Å². The molecule has 1 aliphatic heterocycles. The Morgan fingerprint density at radius 3 is 2.58 bits per heavy atom. The Morgan fingerprint density at radius 2 is 1.91 bits per heavy atom. The maximum absolute atomic E-state index is 14.6. The van der Waals surface area contributed by atoms with Crippen LogP contribution < -0.4 is 10.5 Å². The predicted octanol–water partition coefficient (Wildman–Crippen LogP) is 4.13. The van der Waals surface area contributed by atoms with Gasteiger partial charge in [0.15, 0.2) is 0 Å². The molecule has 1 aliphatic rings. The SMILES string of the molecule is CC[C@@H](c1ccc(F)cc1F)N1C[C@H](C)N(c2cc(=O)n(C)c3ccc(C#N)nc23)C[C@H]1C. The minimum atomic E-state index is -0.584. The van der Waals surface area contributed by atoms with Crippen molar-refractivity contribution in [2.75, 3.05) is 18.0 Å². The molecule has 0 unspecified atom stereocenters. The molecule has 172 valence electrons. The van der Waals surface area contributed by atoms with Crippen LogP contribution in [0.3, 0.4) is 0 Å². The summed E-state index contributed by atoms with van der Waals surface area (Å²) in [5, 5.41) is 9.33. The predicted molar refractivity (Wildman–Crippen MR) is 124 cm³/mol. The quantitative estimate of drug-likeness (QED) is 0.597. The maximum Gasteiger partial charge on any atom is 0.252 e. The number of nitrogens with zero attached hydrogens (tertiary/aromatic N) is 5. The van der Waals surface area contributed by atoms with Gasteiger partial charge in [-0.1, -0.05) is 13.0 Å². The van der Waals surface area contributed by atoms with Crippen molar-refractivity contribution in [2.24, 2.45) is 7.05 Å². The molecule has 0 bridgehead atoms. The fourth-order valence-corrected chi connectivity index (χ4v) is 4.92. The number of rotatable bonds is 4. The van der Waals surface area contributed by atoms with Crippen molar-refractivity contribution >= 4 is 16.7 Å². The number of benzene rings is 1. The summed E-state index contributed by atoms with van der Waals surface area (Å²) >= 11 is 0. The van der Waals surface area contributed by atoms with E-state index in [1.807, 2.05) is 6.92 Å². The molecule has 3 atom stereocenters. The summed E-state index contributed by atoms with van der Waals surface area (Å²) in [7, 11) is 1.69. The molecule has 3 heterocycles. The maximum atomic E-state index is 14.6. The molecule has 0 amide bonds. The summed E-state index contributed by atoms with van der Waals surface area (Å²) in [6.07, 6.45) is 0.682. The van der Waals surface area contributed by atoms with Crippen LogP contribution in [0.25, 0.3) is 11.0 Å². The van der Waals surface area contributed by atoms with Gasteiger partial charge < -0.3 is 9.47 Å². The molecular formula is C25H27F2N5O. The molecule has 4 rings (SSSR count). The molecule has 3 aromatic rings. The molecule has 1 saturated heterocycles. The van der Waals surface area contributed by atoms with E-state index in [9.17, 15) is 18.8 Å². The molecule has 2 aromatic heterocycles. The zero-order chi connectivity index (χ0) is 23.9. The number of aromatic nitrogens is 2. The van der Waals surface area contributed by atoms with Crippen molar-refractivity contribution in [1.82, 2.24) is 14.5 Å². The van der Waals surface area contributed by atoms with Crippen molar-refractivity contribution in [3.63, 3.8) is 0 Å². The number of piperazine rings is 1. The van der Waals surface area contributed by atoms with Crippen LogP contribution in [0.5, 0.6) is 0 Å². The van der Waals surface area contributed by atoms with Gasteiger partial charge in [0.05, 0.1) is 11.2 Å². The van der Waals surface area contributed by atoms with Crippen LogP contribution in [-0.2, 0) is 7.05 Å². The third-order valence-corrected chi connectivity index (χ3v) is 6.64. The monoisotopic (exact) mass is 451 g/mol. The number of hydrogen-bond acceptors (Lipinski definition) is 5.